The molecule has 0 fully saturated rings. The minimum absolute atomic E-state index is 1.19. The summed E-state index contributed by atoms with van der Waals surface area (Å²) in [4.78, 5) is 8.44. The lowest BCUT2D eigenvalue weighted by Crippen LogP contribution is -2.07. The van der Waals surface area contributed by atoms with E-state index < -0.39 is 0 Å². The van der Waals surface area contributed by atoms with E-state index in [1.807, 2.05) is 0 Å². The van der Waals surface area contributed by atoms with Crippen molar-refractivity contribution in [2.75, 3.05) is 14.2 Å². The maximum Gasteiger partial charge on any atom is 0.0599 e. The Balaban J connectivity index is 0.000000130. The molecule has 0 saturated carbocycles. The van der Waals surface area contributed by atoms with Gasteiger partial charge in [0.2, 0.25) is 0 Å². The van der Waals surface area contributed by atoms with Gasteiger partial charge >= 0.3 is 0 Å². The molecule has 0 atom stereocenters. The van der Waals surface area contributed by atoms with Crippen molar-refractivity contribution in [2.45, 2.75) is 6.42 Å². The van der Waals surface area contributed by atoms with Crippen LogP contribution in [0.15, 0.2) is 35.5 Å². The third-order valence-electron chi connectivity index (χ3n) is 1.60. The number of nitrogens with one attached hydrogen (secondary N) is 1. The lowest BCUT2D eigenvalue weighted by atomic mass is 10.3. The van der Waals surface area contributed by atoms with E-state index in [1.54, 1.807) is 0 Å². The maximum atomic E-state index is 4.22. The van der Waals surface area contributed by atoms with Gasteiger partial charge in [-0.1, -0.05) is 29.9 Å². The maximum absolute atomic E-state index is 4.22. The first-order chi connectivity index (χ1) is 5.86. The SMILES string of the molecule is C1=CC2=CC=C1C2.CONOC. The highest BCUT2D eigenvalue weighted by molar-refractivity contribution is 5.49. The van der Waals surface area contributed by atoms with Crippen LogP contribution in [0.1, 0.15) is 6.42 Å². The Hall–Kier alpha value is -0.900. The molecule has 3 nitrogen and oxygen atoms in total. The molecule has 0 radical (unpaired) electrons. The second kappa shape index (κ2) is 4.87. The third kappa shape index (κ3) is 2.62. The molecule has 2 rings (SSSR count). The first kappa shape index (κ1) is 9.19. The van der Waals surface area contributed by atoms with Gasteiger partial charge < -0.3 is 0 Å². The summed E-state index contributed by atoms with van der Waals surface area (Å²) in [7, 11) is 2.95. The molecule has 0 saturated heterocycles. The monoisotopic (exact) mass is 167 g/mol. The summed E-state index contributed by atoms with van der Waals surface area (Å²) in [6.45, 7) is 0. The van der Waals surface area contributed by atoms with Crippen LogP contribution in [0.2, 0.25) is 0 Å². The molecule has 3 heteroatoms. The largest absolute Gasteiger partial charge is 0.280 e. The minimum atomic E-state index is 1.19. The van der Waals surface area contributed by atoms with Gasteiger partial charge in [0.25, 0.3) is 0 Å². The lowest BCUT2D eigenvalue weighted by molar-refractivity contribution is -0.130. The molecular weight excluding hydrogens is 154 g/mol. The van der Waals surface area contributed by atoms with Crippen molar-refractivity contribution in [2.24, 2.45) is 0 Å². The molecule has 1 N–H and O–H groups in total. The molecule has 66 valence electrons. The summed E-state index contributed by atoms with van der Waals surface area (Å²) in [5.74, 6) is 0. The molecular formula is C9H13NO2. The van der Waals surface area contributed by atoms with E-state index in [0.29, 0.717) is 0 Å². The molecule has 0 amide bonds. The fraction of sp³-hybridized carbons (Fsp3) is 0.333. The standard InChI is InChI=1S/C7H6.C2H7NO2/c1-2-7-4-3-6(1)5-7;1-4-3-5-2/h1-4H,5H2;3H,1-2H3. The molecule has 0 aromatic carbocycles. The van der Waals surface area contributed by atoms with E-state index in [9.17, 15) is 0 Å². The van der Waals surface area contributed by atoms with E-state index in [1.165, 1.54) is 31.8 Å². The predicted octanol–water partition coefficient (Wildman–Crippen LogP) is 1.51. The van der Waals surface area contributed by atoms with Gasteiger partial charge in [-0.15, -0.1) is 0 Å². The summed E-state index contributed by atoms with van der Waals surface area (Å²) in [5, 5.41) is 0. The molecule has 0 aliphatic heterocycles. The molecule has 2 bridgehead atoms. The van der Waals surface area contributed by atoms with Crippen LogP contribution in [-0.4, -0.2) is 14.2 Å². The average Bonchev–Trinajstić information content (AvgIpc) is 2.69. The number of rotatable bonds is 2. The number of hydrogen-bond donors (Lipinski definition) is 1. The molecule has 0 unspecified atom stereocenters. The Kier molecular flexibility index (Phi) is 3.73. The quantitative estimate of drug-likeness (QED) is 0.632. The summed E-state index contributed by atoms with van der Waals surface area (Å²) in [5.41, 5.74) is 5.05. The van der Waals surface area contributed by atoms with Crippen LogP contribution in [-0.2, 0) is 9.68 Å². The summed E-state index contributed by atoms with van der Waals surface area (Å²) in [6.07, 6.45) is 9.90. The molecule has 0 spiro atoms. The van der Waals surface area contributed by atoms with Gasteiger partial charge in [0.05, 0.1) is 14.2 Å². The summed E-state index contributed by atoms with van der Waals surface area (Å²) < 4.78 is 0. The topological polar surface area (TPSA) is 30.5 Å². The van der Waals surface area contributed by atoms with Crippen LogP contribution in [0.25, 0.3) is 0 Å². The van der Waals surface area contributed by atoms with Gasteiger partial charge in [-0.25, -0.2) is 0 Å². The van der Waals surface area contributed by atoms with Crippen LogP contribution >= 0.6 is 0 Å². The third-order valence-corrected chi connectivity index (χ3v) is 1.60. The molecule has 0 heterocycles. The number of fused-ring (bicyclic) bond motifs is 2. The number of allylic oxidation sites excluding steroid dienone is 6. The highest BCUT2D eigenvalue weighted by atomic mass is 16.9. The van der Waals surface area contributed by atoms with Crippen molar-refractivity contribution >= 4 is 0 Å². The Morgan fingerprint density at radius 3 is 1.67 bits per heavy atom. The highest BCUT2D eigenvalue weighted by Crippen LogP contribution is 2.27. The second-order valence-electron chi connectivity index (χ2n) is 2.48. The molecule has 12 heavy (non-hydrogen) atoms. The van der Waals surface area contributed by atoms with Crippen molar-refractivity contribution in [1.82, 2.24) is 5.64 Å². The Morgan fingerprint density at radius 1 is 1.08 bits per heavy atom. The first-order valence-corrected chi connectivity index (χ1v) is 3.75. The zero-order valence-corrected chi connectivity index (χ0v) is 7.33. The first-order valence-electron chi connectivity index (χ1n) is 3.75. The fourth-order valence-corrected chi connectivity index (χ4v) is 1.09. The Morgan fingerprint density at radius 2 is 1.58 bits per heavy atom. The van der Waals surface area contributed by atoms with Crippen LogP contribution in [0, 0.1) is 0 Å². The van der Waals surface area contributed by atoms with Crippen LogP contribution in [0.3, 0.4) is 0 Å². The molecule has 0 aromatic rings. The smallest absolute Gasteiger partial charge is 0.0599 e. The van der Waals surface area contributed by atoms with Crippen molar-refractivity contribution in [3.05, 3.63) is 35.5 Å². The minimum Gasteiger partial charge on any atom is -0.280 e. The van der Waals surface area contributed by atoms with Crippen LogP contribution in [0.4, 0.5) is 0 Å². The van der Waals surface area contributed by atoms with E-state index in [-0.39, 0.29) is 0 Å². The van der Waals surface area contributed by atoms with E-state index in [2.05, 4.69) is 39.6 Å². The molecule has 0 aromatic heterocycles. The van der Waals surface area contributed by atoms with Gasteiger partial charge in [-0.05, 0) is 17.6 Å². The van der Waals surface area contributed by atoms with Crippen LogP contribution in [0.5, 0.6) is 0 Å². The van der Waals surface area contributed by atoms with E-state index in [0.717, 1.165) is 0 Å². The zero-order valence-electron chi connectivity index (χ0n) is 7.33. The van der Waals surface area contributed by atoms with Crippen LogP contribution < -0.4 is 5.64 Å². The normalized spacial score (nSPS) is 16.8. The van der Waals surface area contributed by atoms with Gasteiger partial charge in [-0.2, -0.15) is 0 Å². The van der Waals surface area contributed by atoms with Crippen molar-refractivity contribution < 1.29 is 9.68 Å². The summed E-state index contributed by atoms with van der Waals surface area (Å²) >= 11 is 0. The predicted molar refractivity (Wildman–Crippen MR) is 47.1 cm³/mol. The molecule has 2 aliphatic carbocycles. The van der Waals surface area contributed by atoms with Gasteiger partial charge in [0.1, 0.15) is 0 Å². The number of hydrogen-bond acceptors (Lipinski definition) is 3. The van der Waals surface area contributed by atoms with E-state index >= 15 is 0 Å². The zero-order chi connectivity index (χ0) is 8.81. The molecule has 2 aliphatic rings. The van der Waals surface area contributed by atoms with Gasteiger partial charge in [0, 0.05) is 0 Å². The van der Waals surface area contributed by atoms with Crippen molar-refractivity contribution in [1.29, 1.82) is 0 Å². The van der Waals surface area contributed by atoms with Gasteiger partial charge in [-0.3, -0.25) is 9.68 Å². The Labute approximate surface area is 72.3 Å². The Bertz CT molecular complexity index is 207. The van der Waals surface area contributed by atoms with Gasteiger partial charge in [0.15, 0.2) is 0 Å². The van der Waals surface area contributed by atoms with E-state index in [4.69, 9.17) is 0 Å². The highest BCUT2D eigenvalue weighted by Gasteiger charge is 2.07. The van der Waals surface area contributed by atoms with Crippen molar-refractivity contribution in [3.8, 4) is 0 Å². The fourth-order valence-electron chi connectivity index (χ4n) is 1.09. The average molecular weight is 167 g/mol. The van der Waals surface area contributed by atoms with Crippen molar-refractivity contribution in [3.63, 3.8) is 0 Å². The lowest BCUT2D eigenvalue weighted by Gasteiger charge is -1.89. The summed E-state index contributed by atoms with van der Waals surface area (Å²) in [6, 6.07) is 0. The second-order valence-corrected chi connectivity index (χ2v) is 2.48.